The van der Waals surface area contributed by atoms with E-state index in [-0.39, 0.29) is 9.50 Å². The summed E-state index contributed by atoms with van der Waals surface area (Å²) in [6.07, 6.45) is -4.60. The van der Waals surface area contributed by atoms with Gasteiger partial charge in [-0.1, -0.05) is 11.6 Å². The van der Waals surface area contributed by atoms with Crippen molar-refractivity contribution in [2.45, 2.75) is 11.1 Å². The maximum Gasteiger partial charge on any atom is 0.405 e. The lowest BCUT2D eigenvalue weighted by Crippen LogP contribution is -2.34. The molecule has 0 bridgehead atoms. The molecule has 1 amide bonds. The van der Waals surface area contributed by atoms with E-state index in [2.05, 4.69) is 15.9 Å². The molecule has 0 aliphatic heterocycles. The summed E-state index contributed by atoms with van der Waals surface area (Å²) in [5.74, 6) is -1.17. The molecule has 0 atom stereocenters. The van der Waals surface area contributed by atoms with Crippen LogP contribution in [-0.2, 0) is 9.05 Å². The van der Waals surface area contributed by atoms with Gasteiger partial charge in [-0.2, -0.15) is 13.2 Å². The number of alkyl halides is 3. The Labute approximate surface area is 129 Å². The number of benzene rings is 1. The zero-order valence-corrected chi connectivity index (χ0v) is 13.2. The molecule has 11 heteroatoms. The summed E-state index contributed by atoms with van der Waals surface area (Å²) in [4.78, 5) is 11.1. The lowest BCUT2D eigenvalue weighted by atomic mass is 10.2. The highest BCUT2D eigenvalue weighted by Gasteiger charge is 2.29. The smallest absolute Gasteiger partial charge is 0.343 e. The van der Waals surface area contributed by atoms with Crippen LogP contribution in [-0.4, -0.2) is 27.0 Å². The normalized spacial score (nSPS) is 12.3. The molecular weight excluding hydrogens is 410 g/mol. The van der Waals surface area contributed by atoms with Gasteiger partial charge in [0.1, 0.15) is 6.54 Å². The van der Waals surface area contributed by atoms with Crippen LogP contribution in [0.1, 0.15) is 10.4 Å². The SMILES string of the molecule is O=C(NCC(F)(F)F)c1cc(S(=O)(=O)Cl)cc(Br)c1Cl. The third kappa shape index (κ3) is 4.80. The minimum atomic E-state index is -4.60. The van der Waals surface area contributed by atoms with E-state index in [0.29, 0.717) is 0 Å². The Morgan fingerprint density at radius 2 is 1.90 bits per heavy atom. The van der Waals surface area contributed by atoms with Crippen LogP contribution >= 0.6 is 38.2 Å². The number of amides is 1. The van der Waals surface area contributed by atoms with E-state index in [1.807, 2.05) is 0 Å². The number of hydrogen-bond donors (Lipinski definition) is 1. The van der Waals surface area contributed by atoms with Crippen LogP contribution in [0.25, 0.3) is 0 Å². The molecule has 0 aromatic heterocycles. The van der Waals surface area contributed by atoms with Gasteiger partial charge in [0.25, 0.3) is 15.0 Å². The lowest BCUT2D eigenvalue weighted by molar-refractivity contribution is -0.123. The first-order valence-electron chi connectivity index (χ1n) is 4.70. The van der Waals surface area contributed by atoms with Gasteiger partial charge in [0.2, 0.25) is 0 Å². The minimum Gasteiger partial charge on any atom is -0.343 e. The summed E-state index contributed by atoms with van der Waals surface area (Å²) in [6, 6.07) is 1.83. The van der Waals surface area contributed by atoms with Crippen molar-refractivity contribution in [3.05, 3.63) is 27.2 Å². The number of carbonyl (C=O) groups is 1. The van der Waals surface area contributed by atoms with E-state index in [4.69, 9.17) is 22.3 Å². The van der Waals surface area contributed by atoms with Gasteiger partial charge in [0.15, 0.2) is 0 Å². The van der Waals surface area contributed by atoms with Gasteiger partial charge < -0.3 is 5.32 Å². The molecule has 0 radical (unpaired) electrons. The number of hydrogen-bond acceptors (Lipinski definition) is 3. The van der Waals surface area contributed by atoms with Gasteiger partial charge in [-0.15, -0.1) is 0 Å². The topological polar surface area (TPSA) is 63.2 Å². The Bertz CT molecular complexity index is 649. The van der Waals surface area contributed by atoms with Crippen molar-refractivity contribution in [1.29, 1.82) is 0 Å². The molecule has 0 spiro atoms. The number of nitrogens with one attached hydrogen (secondary N) is 1. The highest BCUT2D eigenvalue weighted by molar-refractivity contribution is 9.10. The Morgan fingerprint density at radius 3 is 2.35 bits per heavy atom. The Morgan fingerprint density at radius 1 is 1.35 bits per heavy atom. The number of halogens is 6. The quantitative estimate of drug-likeness (QED) is 0.771. The van der Waals surface area contributed by atoms with Gasteiger partial charge in [0.05, 0.1) is 15.5 Å². The molecular formula is C9H5BrCl2F3NO3S. The molecule has 1 aromatic carbocycles. The average Bonchev–Trinajstić information content (AvgIpc) is 2.27. The second kappa shape index (κ2) is 6.08. The summed E-state index contributed by atoms with van der Waals surface area (Å²) in [5.41, 5.74) is -0.440. The standard InChI is InChI=1S/C9H5BrCl2F3NO3S/c10-6-2-4(20(12,18)19)1-5(7(6)11)8(17)16-3-9(13,14)15/h1-2H,3H2,(H,16,17). The van der Waals surface area contributed by atoms with Gasteiger partial charge in [-0.05, 0) is 28.1 Å². The molecule has 112 valence electrons. The van der Waals surface area contributed by atoms with Crippen molar-refractivity contribution in [2.75, 3.05) is 6.54 Å². The third-order valence-electron chi connectivity index (χ3n) is 1.98. The summed E-state index contributed by atoms with van der Waals surface area (Å²) in [7, 11) is 0.946. The fraction of sp³-hybridized carbons (Fsp3) is 0.222. The van der Waals surface area contributed by atoms with Crippen LogP contribution in [0.2, 0.25) is 5.02 Å². The van der Waals surface area contributed by atoms with Crippen molar-refractivity contribution < 1.29 is 26.4 Å². The van der Waals surface area contributed by atoms with E-state index in [1.165, 1.54) is 0 Å². The van der Waals surface area contributed by atoms with Crippen LogP contribution in [0.3, 0.4) is 0 Å². The van der Waals surface area contributed by atoms with E-state index in [0.717, 1.165) is 12.1 Å². The third-order valence-corrected chi connectivity index (χ3v) is 4.57. The van der Waals surface area contributed by atoms with Gasteiger partial charge >= 0.3 is 6.18 Å². The second-order valence-electron chi connectivity index (χ2n) is 3.50. The fourth-order valence-corrected chi connectivity index (χ4v) is 2.74. The summed E-state index contributed by atoms with van der Waals surface area (Å²) in [5, 5.41) is 1.35. The van der Waals surface area contributed by atoms with E-state index >= 15 is 0 Å². The van der Waals surface area contributed by atoms with Crippen molar-refractivity contribution in [3.8, 4) is 0 Å². The molecule has 20 heavy (non-hydrogen) atoms. The Balaban J connectivity index is 3.18. The van der Waals surface area contributed by atoms with Gasteiger partial charge in [-0.25, -0.2) is 8.42 Å². The molecule has 0 unspecified atom stereocenters. The van der Waals surface area contributed by atoms with Crippen LogP contribution < -0.4 is 5.32 Å². The van der Waals surface area contributed by atoms with Crippen LogP contribution in [0.4, 0.5) is 13.2 Å². The summed E-state index contributed by atoms with van der Waals surface area (Å²) in [6.45, 7) is -1.57. The largest absolute Gasteiger partial charge is 0.405 e. The summed E-state index contributed by atoms with van der Waals surface area (Å²) < 4.78 is 58.4. The molecule has 0 heterocycles. The van der Waals surface area contributed by atoms with Crippen LogP contribution in [0.5, 0.6) is 0 Å². The lowest BCUT2D eigenvalue weighted by Gasteiger charge is -2.11. The zero-order chi connectivity index (χ0) is 15.7. The molecule has 0 saturated heterocycles. The van der Waals surface area contributed by atoms with Crippen LogP contribution in [0, 0.1) is 0 Å². The first-order valence-corrected chi connectivity index (χ1v) is 8.18. The molecule has 0 aliphatic carbocycles. The molecule has 4 nitrogen and oxygen atoms in total. The molecule has 1 aromatic rings. The predicted octanol–water partition coefficient (Wildman–Crippen LogP) is 3.32. The first kappa shape index (κ1) is 17.5. The Hall–Kier alpha value is -0.510. The maximum absolute atomic E-state index is 12.0. The van der Waals surface area contributed by atoms with Crippen molar-refractivity contribution >= 4 is 53.2 Å². The van der Waals surface area contributed by atoms with Crippen molar-refractivity contribution in [2.24, 2.45) is 0 Å². The molecule has 0 saturated carbocycles. The zero-order valence-electron chi connectivity index (χ0n) is 9.26. The minimum absolute atomic E-state index is 0.0121. The average molecular weight is 415 g/mol. The van der Waals surface area contributed by atoms with Gasteiger partial charge in [-0.3, -0.25) is 4.79 Å². The van der Waals surface area contributed by atoms with Crippen molar-refractivity contribution in [3.63, 3.8) is 0 Å². The highest BCUT2D eigenvalue weighted by atomic mass is 79.9. The monoisotopic (exact) mass is 413 g/mol. The van der Waals surface area contributed by atoms with Crippen LogP contribution in [0.15, 0.2) is 21.5 Å². The van der Waals surface area contributed by atoms with E-state index in [1.54, 1.807) is 5.32 Å². The number of rotatable bonds is 3. The molecule has 0 fully saturated rings. The molecule has 1 N–H and O–H groups in total. The second-order valence-corrected chi connectivity index (χ2v) is 7.30. The Kier molecular flexibility index (Phi) is 5.34. The highest BCUT2D eigenvalue weighted by Crippen LogP contribution is 2.31. The predicted molar refractivity (Wildman–Crippen MR) is 70.6 cm³/mol. The summed E-state index contributed by atoms with van der Waals surface area (Å²) >= 11 is 8.62. The number of carbonyl (C=O) groups excluding carboxylic acids is 1. The maximum atomic E-state index is 12.0. The van der Waals surface area contributed by atoms with Crippen molar-refractivity contribution in [1.82, 2.24) is 5.32 Å². The fourth-order valence-electron chi connectivity index (χ4n) is 1.15. The van der Waals surface area contributed by atoms with Gasteiger partial charge in [0, 0.05) is 15.2 Å². The molecule has 1 rings (SSSR count). The first-order chi connectivity index (χ1) is 8.92. The van der Waals surface area contributed by atoms with E-state index in [9.17, 15) is 26.4 Å². The van der Waals surface area contributed by atoms with E-state index < -0.39 is 38.1 Å². The molecule has 0 aliphatic rings.